The molecule has 0 radical (unpaired) electrons. The molecule has 0 saturated carbocycles. The smallest absolute Gasteiger partial charge is 0.408 e. The van der Waals surface area contributed by atoms with E-state index in [4.69, 9.17) is 4.74 Å². The first-order valence-electron chi connectivity index (χ1n) is 5.11. The fourth-order valence-corrected chi connectivity index (χ4v) is 0.783. The molecule has 0 fully saturated rings. The third-order valence-corrected chi connectivity index (χ3v) is 1.39. The van der Waals surface area contributed by atoms with Crippen molar-refractivity contribution in [2.75, 3.05) is 13.1 Å². The fourth-order valence-electron chi connectivity index (χ4n) is 0.783. The molecule has 0 unspecified atom stereocenters. The van der Waals surface area contributed by atoms with Crippen LogP contribution in [0.15, 0.2) is 0 Å². The summed E-state index contributed by atoms with van der Waals surface area (Å²) in [7, 11) is 0. The van der Waals surface area contributed by atoms with E-state index in [0.29, 0.717) is 6.92 Å². The maximum atomic E-state index is 12.4. The van der Waals surface area contributed by atoms with E-state index in [1.165, 1.54) is 0 Å². The number of ether oxygens (including phenoxy) is 1. The lowest BCUT2D eigenvalue weighted by molar-refractivity contribution is -0.121. The van der Waals surface area contributed by atoms with Crippen LogP contribution in [0.4, 0.5) is 13.6 Å². The highest BCUT2D eigenvalue weighted by Gasteiger charge is 2.22. The lowest BCUT2D eigenvalue weighted by atomic mass is 10.2. The number of hydrogen-bond donors (Lipinski definition) is 2. The minimum Gasteiger partial charge on any atom is -0.444 e. The van der Waals surface area contributed by atoms with E-state index in [-0.39, 0.29) is 0 Å². The minimum atomic E-state index is -2.97. The van der Waals surface area contributed by atoms with E-state index in [0.717, 1.165) is 0 Å². The zero-order valence-electron chi connectivity index (χ0n) is 10.4. The van der Waals surface area contributed by atoms with E-state index in [1.54, 1.807) is 20.8 Å². The maximum absolute atomic E-state index is 12.4. The molecular weight excluding hydrogens is 234 g/mol. The standard InChI is InChI=1S/C10H18F2N2O3/c1-9(2,3)17-8(16)13-5-7(15)14-6-10(4,11)12/h5-6H2,1-4H3,(H,13,16)(H,14,15). The topological polar surface area (TPSA) is 67.4 Å². The number of amides is 2. The Balaban J connectivity index is 3.82. The second-order valence-corrected chi connectivity index (χ2v) is 4.70. The number of hydrogen-bond acceptors (Lipinski definition) is 3. The fraction of sp³-hybridized carbons (Fsp3) is 0.800. The summed E-state index contributed by atoms with van der Waals surface area (Å²) in [6.07, 6.45) is -0.768. The van der Waals surface area contributed by atoms with Crippen LogP contribution in [0, 0.1) is 0 Å². The summed E-state index contributed by atoms with van der Waals surface area (Å²) in [6, 6.07) is 0. The third kappa shape index (κ3) is 10.9. The first-order valence-corrected chi connectivity index (χ1v) is 5.11. The van der Waals surface area contributed by atoms with Crippen LogP contribution in [0.5, 0.6) is 0 Å². The first-order chi connectivity index (χ1) is 7.49. The summed E-state index contributed by atoms with van der Waals surface area (Å²) < 4.78 is 29.6. The molecule has 7 heteroatoms. The molecule has 0 heterocycles. The molecule has 5 nitrogen and oxygen atoms in total. The van der Waals surface area contributed by atoms with Crippen LogP contribution >= 0.6 is 0 Å². The summed E-state index contributed by atoms with van der Waals surface area (Å²) in [4.78, 5) is 22.1. The highest BCUT2D eigenvalue weighted by Crippen LogP contribution is 2.08. The average Bonchev–Trinajstić information content (AvgIpc) is 2.07. The number of carbonyl (C=O) groups excluding carboxylic acids is 2. The molecule has 0 atom stereocenters. The van der Waals surface area contributed by atoms with Crippen molar-refractivity contribution in [1.29, 1.82) is 0 Å². The number of carbonyl (C=O) groups is 2. The van der Waals surface area contributed by atoms with Crippen LogP contribution in [0.2, 0.25) is 0 Å². The highest BCUT2D eigenvalue weighted by molar-refractivity contribution is 5.82. The van der Waals surface area contributed by atoms with Gasteiger partial charge in [-0.25, -0.2) is 13.6 Å². The van der Waals surface area contributed by atoms with Crippen molar-refractivity contribution in [3.63, 3.8) is 0 Å². The van der Waals surface area contributed by atoms with Crippen LogP contribution in [-0.4, -0.2) is 36.6 Å². The molecule has 17 heavy (non-hydrogen) atoms. The molecule has 0 rings (SSSR count). The SMILES string of the molecule is CC(F)(F)CNC(=O)CNC(=O)OC(C)(C)C. The Morgan fingerprint density at radius 2 is 1.65 bits per heavy atom. The van der Waals surface area contributed by atoms with Gasteiger partial charge in [-0.3, -0.25) is 4.79 Å². The van der Waals surface area contributed by atoms with Crippen LogP contribution in [-0.2, 0) is 9.53 Å². The number of halogens is 2. The Kier molecular flexibility index (Phi) is 5.31. The summed E-state index contributed by atoms with van der Waals surface area (Å²) in [5.41, 5.74) is -0.670. The van der Waals surface area contributed by atoms with Gasteiger partial charge >= 0.3 is 6.09 Å². The number of nitrogens with one attached hydrogen (secondary N) is 2. The molecule has 0 aliphatic heterocycles. The van der Waals surface area contributed by atoms with Crippen LogP contribution < -0.4 is 10.6 Å². The lowest BCUT2D eigenvalue weighted by Crippen LogP contribution is -2.42. The van der Waals surface area contributed by atoms with Crippen molar-refractivity contribution in [3.05, 3.63) is 0 Å². The number of rotatable bonds is 4. The number of alkyl carbamates (subject to hydrolysis) is 1. The molecule has 0 aliphatic carbocycles. The quantitative estimate of drug-likeness (QED) is 0.792. The van der Waals surface area contributed by atoms with Gasteiger partial charge in [0, 0.05) is 6.92 Å². The van der Waals surface area contributed by atoms with Crippen LogP contribution in [0.25, 0.3) is 0 Å². The molecular formula is C10H18F2N2O3. The highest BCUT2D eigenvalue weighted by atomic mass is 19.3. The molecule has 2 amide bonds. The molecule has 0 saturated heterocycles. The molecule has 0 spiro atoms. The first kappa shape index (κ1) is 15.6. The summed E-state index contributed by atoms with van der Waals surface area (Å²) in [5.74, 6) is -3.67. The van der Waals surface area contributed by atoms with Crippen molar-refractivity contribution in [1.82, 2.24) is 10.6 Å². The molecule has 2 N–H and O–H groups in total. The Morgan fingerprint density at radius 1 is 1.12 bits per heavy atom. The van der Waals surface area contributed by atoms with Gasteiger partial charge in [-0.15, -0.1) is 0 Å². The normalized spacial score (nSPS) is 11.9. The third-order valence-electron chi connectivity index (χ3n) is 1.39. The van der Waals surface area contributed by atoms with E-state index in [2.05, 4.69) is 5.32 Å². The van der Waals surface area contributed by atoms with Gasteiger partial charge in [0.1, 0.15) is 5.60 Å². The van der Waals surface area contributed by atoms with Gasteiger partial charge in [-0.2, -0.15) is 0 Å². The largest absolute Gasteiger partial charge is 0.444 e. The van der Waals surface area contributed by atoms with E-state index in [1.807, 2.05) is 5.32 Å². The molecule has 0 aromatic carbocycles. The summed E-state index contributed by atoms with van der Waals surface area (Å²) >= 11 is 0. The van der Waals surface area contributed by atoms with Crippen molar-refractivity contribution in [3.8, 4) is 0 Å². The van der Waals surface area contributed by atoms with Crippen molar-refractivity contribution < 1.29 is 23.1 Å². The predicted molar refractivity (Wildman–Crippen MR) is 57.9 cm³/mol. The van der Waals surface area contributed by atoms with Gasteiger partial charge in [0.05, 0.1) is 13.1 Å². The van der Waals surface area contributed by atoms with Gasteiger partial charge in [-0.05, 0) is 20.8 Å². The van der Waals surface area contributed by atoms with Gasteiger partial charge in [0.25, 0.3) is 5.92 Å². The molecule has 0 aromatic heterocycles. The lowest BCUT2D eigenvalue weighted by Gasteiger charge is -2.19. The van der Waals surface area contributed by atoms with Crippen molar-refractivity contribution >= 4 is 12.0 Å². The van der Waals surface area contributed by atoms with Gasteiger partial charge < -0.3 is 15.4 Å². The minimum absolute atomic E-state index is 0.398. The van der Waals surface area contributed by atoms with Crippen molar-refractivity contribution in [2.45, 2.75) is 39.2 Å². The Morgan fingerprint density at radius 3 is 2.06 bits per heavy atom. The molecule has 0 aromatic rings. The van der Waals surface area contributed by atoms with Crippen LogP contribution in [0.1, 0.15) is 27.7 Å². The second-order valence-electron chi connectivity index (χ2n) is 4.70. The predicted octanol–water partition coefficient (Wildman–Crippen LogP) is 1.28. The Bertz CT molecular complexity index is 282. The van der Waals surface area contributed by atoms with Crippen molar-refractivity contribution in [2.24, 2.45) is 0 Å². The molecule has 0 aliphatic rings. The molecule has 0 bridgehead atoms. The zero-order valence-corrected chi connectivity index (χ0v) is 10.4. The summed E-state index contributed by atoms with van der Waals surface area (Å²) in [6.45, 7) is 4.54. The van der Waals surface area contributed by atoms with E-state index >= 15 is 0 Å². The van der Waals surface area contributed by atoms with Gasteiger partial charge in [0.2, 0.25) is 5.91 Å². The molecule has 100 valence electrons. The Hall–Kier alpha value is -1.40. The van der Waals surface area contributed by atoms with Crippen LogP contribution in [0.3, 0.4) is 0 Å². The maximum Gasteiger partial charge on any atom is 0.408 e. The monoisotopic (exact) mass is 252 g/mol. The number of alkyl halides is 2. The Labute approximate surface area is 98.9 Å². The van der Waals surface area contributed by atoms with E-state index in [9.17, 15) is 18.4 Å². The summed E-state index contributed by atoms with van der Waals surface area (Å²) in [5, 5.41) is 4.14. The second kappa shape index (κ2) is 5.79. The van der Waals surface area contributed by atoms with Gasteiger partial charge in [-0.1, -0.05) is 0 Å². The van der Waals surface area contributed by atoms with Gasteiger partial charge in [0.15, 0.2) is 0 Å². The average molecular weight is 252 g/mol. The van der Waals surface area contributed by atoms with E-state index < -0.39 is 36.6 Å². The zero-order chi connectivity index (χ0) is 13.7.